The van der Waals surface area contributed by atoms with Crippen LogP contribution in [0.15, 0.2) is 23.2 Å². The largest absolute Gasteiger partial charge is 0.494 e. The summed E-state index contributed by atoms with van der Waals surface area (Å²) in [5.74, 6) is 1.88. The molecule has 0 aromatic heterocycles. The first kappa shape index (κ1) is 21.8. The lowest BCUT2D eigenvalue weighted by atomic mass is 10.1. The van der Waals surface area contributed by atoms with E-state index in [1.165, 1.54) is 12.8 Å². The van der Waals surface area contributed by atoms with Gasteiger partial charge in [0.05, 0.1) is 25.0 Å². The zero-order chi connectivity index (χ0) is 17.2. The Balaban J connectivity index is 0.00000312. The van der Waals surface area contributed by atoms with Gasteiger partial charge in [-0.05, 0) is 51.7 Å². The minimum Gasteiger partial charge on any atom is -0.494 e. The molecule has 1 aromatic rings. The number of benzene rings is 1. The lowest BCUT2D eigenvalue weighted by Crippen LogP contribution is -2.25. The quantitative estimate of drug-likeness (QED) is 0.349. The first-order valence-corrected chi connectivity index (χ1v) is 8.81. The molecule has 0 aliphatic carbocycles. The van der Waals surface area contributed by atoms with E-state index in [1.807, 2.05) is 32.0 Å². The molecular formula is C18H30IN3O3. The van der Waals surface area contributed by atoms with Gasteiger partial charge in [0.25, 0.3) is 0 Å². The van der Waals surface area contributed by atoms with Gasteiger partial charge in [-0.2, -0.15) is 0 Å². The van der Waals surface area contributed by atoms with E-state index in [0.717, 1.165) is 36.6 Å². The molecule has 25 heavy (non-hydrogen) atoms. The molecule has 1 fully saturated rings. The molecule has 0 saturated carbocycles. The van der Waals surface area contributed by atoms with E-state index >= 15 is 0 Å². The Bertz CT molecular complexity index is 534. The van der Waals surface area contributed by atoms with Crippen molar-refractivity contribution < 1.29 is 14.2 Å². The lowest BCUT2D eigenvalue weighted by molar-refractivity contribution is 0.0129. The summed E-state index contributed by atoms with van der Waals surface area (Å²) in [6, 6.07) is 5.63. The highest BCUT2D eigenvalue weighted by Crippen LogP contribution is 2.29. The molecule has 2 rings (SSSR count). The predicted molar refractivity (Wildman–Crippen MR) is 113 cm³/mol. The molecule has 1 heterocycles. The number of nitrogens with zero attached hydrogens (tertiary/aromatic N) is 1. The Morgan fingerprint density at radius 2 is 2.08 bits per heavy atom. The zero-order valence-corrected chi connectivity index (χ0v) is 17.5. The Hall–Kier alpha value is -1.22. The molecule has 3 N–H and O–H groups in total. The SMILES string of the molecule is CCOc1ccc(OCC)c(NC(N)=NCCC2CCCCO2)c1.I. The number of hydrogen-bond acceptors (Lipinski definition) is 4. The van der Waals surface area contributed by atoms with Gasteiger partial charge >= 0.3 is 0 Å². The highest BCUT2D eigenvalue weighted by atomic mass is 127. The van der Waals surface area contributed by atoms with Gasteiger partial charge in [0.15, 0.2) is 5.96 Å². The van der Waals surface area contributed by atoms with Crippen LogP contribution >= 0.6 is 24.0 Å². The topological polar surface area (TPSA) is 78.1 Å². The van der Waals surface area contributed by atoms with Crippen LogP contribution in [0.5, 0.6) is 11.5 Å². The van der Waals surface area contributed by atoms with Crippen molar-refractivity contribution >= 4 is 35.6 Å². The normalized spacial score (nSPS) is 17.5. The van der Waals surface area contributed by atoms with Gasteiger partial charge in [-0.1, -0.05) is 0 Å². The summed E-state index contributed by atoms with van der Waals surface area (Å²) in [7, 11) is 0. The van der Waals surface area contributed by atoms with Gasteiger partial charge in [0.2, 0.25) is 0 Å². The van der Waals surface area contributed by atoms with Crippen LogP contribution < -0.4 is 20.5 Å². The molecule has 7 heteroatoms. The fourth-order valence-electron chi connectivity index (χ4n) is 2.69. The van der Waals surface area contributed by atoms with Crippen LogP contribution in [0.1, 0.15) is 39.5 Å². The number of hydrogen-bond donors (Lipinski definition) is 2. The first-order chi connectivity index (χ1) is 11.7. The highest BCUT2D eigenvalue weighted by Gasteiger charge is 2.13. The van der Waals surface area contributed by atoms with E-state index in [4.69, 9.17) is 19.9 Å². The minimum atomic E-state index is 0. The predicted octanol–water partition coefficient (Wildman–Crippen LogP) is 3.79. The fraction of sp³-hybridized carbons (Fsp3) is 0.611. The Kier molecular flexibility index (Phi) is 10.6. The number of guanidine groups is 1. The van der Waals surface area contributed by atoms with Crippen molar-refractivity contribution in [3.63, 3.8) is 0 Å². The molecular weight excluding hydrogens is 433 g/mol. The van der Waals surface area contributed by atoms with Crippen molar-refractivity contribution in [2.45, 2.75) is 45.6 Å². The number of rotatable bonds is 8. The molecule has 0 radical (unpaired) electrons. The van der Waals surface area contributed by atoms with Gasteiger partial charge < -0.3 is 25.3 Å². The van der Waals surface area contributed by atoms with Crippen LogP contribution in [0.2, 0.25) is 0 Å². The monoisotopic (exact) mass is 463 g/mol. The number of nitrogens with two attached hydrogens (primary N) is 1. The molecule has 142 valence electrons. The van der Waals surface area contributed by atoms with Crippen LogP contribution in [0, 0.1) is 0 Å². The molecule has 1 aromatic carbocycles. The van der Waals surface area contributed by atoms with Gasteiger partial charge in [-0.15, -0.1) is 24.0 Å². The third-order valence-corrected chi connectivity index (χ3v) is 3.83. The van der Waals surface area contributed by atoms with Gasteiger partial charge in [-0.25, -0.2) is 0 Å². The average Bonchev–Trinajstić information content (AvgIpc) is 2.58. The lowest BCUT2D eigenvalue weighted by Gasteiger charge is -2.21. The maximum Gasteiger partial charge on any atom is 0.193 e. The standard InChI is InChI=1S/C18H29N3O3.HI/c1-3-22-15-8-9-17(23-4-2)16(13-15)21-18(19)20-11-10-14-7-5-6-12-24-14;/h8-9,13-14H,3-7,10-12H2,1-2H3,(H3,19,20,21);1H. The maximum atomic E-state index is 6.01. The number of aliphatic imine (C=N–C) groups is 1. The highest BCUT2D eigenvalue weighted by molar-refractivity contribution is 14.0. The summed E-state index contributed by atoms with van der Waals surface area (Å²) >= 11 is 0. The van der Waals surface area contributed by atoms with Crippen molar-refractivity contribution in [1.82, 2.24) is 0 Å². The Morgan fingerprint density at radius 1 is 1.28 bits per heavy atom. The number of halogens is 1. The summed E-state index contributed by atoms with van der Waals surface area (Å²) in [6.45, 7) is 6.61. The second-order valence-corrected chi connectivity index (χ2v) is 5.69. The molecule has 1 unspecified atom stereocenters. The van der Waals surface area contributed by atoms with Crippen molar-refractivity contribution in [2.75, 3.05) is 31.7 Å². The second-order valence-electron chi connectivity index (χ2n) is 5.69. The van der Waals surface area contributed by atoms with E-state index in [-0.39, 0.29) is 24.0 Å². The molecule has 0 spiro atoms. The second kappa shape index (κ2) is 12.2. The molecule has 1 aliphatic rings. The molecule has 0 bridgehead atoms. The smallest absolute Gasteiger partial charge is 0.193 e. The molecule has 1 aliphatic heterocycles. The van der Waals surface area contributed by atoms with Crippen LogP contribution in [-0.2, 0) is 4.74 Å². The first-order valence-electron chi connectivity index (χ1n) is 8.81. The van der Waals surface area contributed by atoms with Crippen LogP contribution in [0.25, 0.3) is 0 Å². The van der Waals surface area contributed by atoms with Gasteiger partial charge in [0, 0.05) is 19.2 Å². The third-order valence-electron chi connectivity index (χ3n) is 3.83. The van der Waals surface area contributed by atoms with E-state index < -0.39 is 0 Å². The van der Waals surface area contributed by atoms with E-state index in [1.54, 1.807) is 0 Å². The third kappa shape index (κ3) is 7.68. The number of ether oxygens (including phenoxy) is 3. The Morgan fingerprint density at radius 3 is 2.76 bits per heavy atom. The van der Waals surface area contributed by atoms with E-state index in [2.05, 4.69) is 10.3 Å². The van der Waals surface area contributed by atoms with Crippen molar-refractivity contribution in [2.24, 2.45) is 10.7 Å². The Labute approximate surface area is 167 Å². The summed E-state index contributed by atoms with van der Waals surface area (Å²) in [6.07, 6.45) is 4.74. The summed E-state index contributed by atoms with van der Waals surface area (Å²) < 4.78 is 16.9. The summed E-state index contributed by atoms with van der Waals surface area (Å²) in [5, 5.41) is 3.11. The van der Waals surface area contributed by atoms with Crippen LogP contribution in [-0.4, -0.2) is 38.4 Å². The maximum absolute atomic E-state index is 6.01. The van der Waals surface area contributed by atoms with E-state index in [0.29, 0.717) is 31.8 Å². The number of anilines is 1. The zero-order valence-electron chi connectivity index (χ0n) is 15.1. The van der Waals surface area contributed by atoms with Crippen molar-refractivity contribution in [1.29, 1.82) is 0 Å². The van der Waals surface area contributed by atoms with Crippen LogP contribution in [0.4, 0.5) is 5.69 Å². The van der Waals surface area contributed by atoms with Crippen molar-refractivity contribution in [3.8, 4) is 11.5 Å². The minimum absolute atomic E-state index is 0. The molecule has 1 atom stereocenters. The fourth-order valence-corrected chi connectivity index (χ4v) is 2.69. The van der Waals surface area contributed by atoms with Crippen LogP contribution in [0.3, 0.4) is 0 Å². The summed E-state index contributed by atoms with van der Waals surface area (Å²) in [5.41, 5.74) is 6.77. The molecule has 1 saturated heterocycles. The van der Waals surface area contributed by atoms with E-state index in [9.17, 15) is 0 Å². The van der Waals surface area contributed by atoms with Gasteiger partial charge in [-0.3, -0.25) is 4.99 Å². The average molecular weight is 463 g/mol. The summed E-state index contributed by atoms with van der Waals surface area (Å²) in [4.78, 5) is 4.40. The van der Waals surface area contributed by atoms with Gasteiger partial charge in [0.1, 0.15) is 11.5 Å². The number of nitrogens with one attached hydrogen (secondary N) is 1. The van der Waals surface area contributed by atoms with Crippen molar-refractivity contribution in [3.05, 3.63) is 18.2 Å². The molecule has 0 amide bonds. The molecule has 6 nitrogen and oxygen atoms in total.